The quantitative estimate of drug-likeness (QED) is 0.771. The van der Waals surface area contributed by atoms with Crippen LogP contribution in [0.3, 0.4) is 0 Å². The Morgan fingerprint density at radius 2 is 2.24 bits per heavy atom. The first-order valence-electron chi connectivity index (χ1n) is 5.93. The number of carbonyl (C=O) groups excluding carboxylic acids is 1. The molecule has 0 aliphatic carbocycles. The Labute approximate surface area is 101 Å². The van der Waals surface area contributed by atoms with E-state index in [1.54, 1.807) is 6.92 Å². The highest BCUT2D eigenvalue weighted by molar-refractivity contribution is 5.94. The molecule has 0 radical (unpaired) electrons. The van der Waals surface area contributed by atoms with Crippen LogP contribution < -0.4 is 10.6 Å². The number of nitrogens with one attached hydrogen (secondary N) is 2. The summed E-state index contributed by atoms with van der Waals surface area (Å²) in [5.41, 5.74) is 1.76. The summed E-state index contributed by atoms with van der Waals surface area (Å²) in [5.74, 6) is 0.0939. The molecule has 92 valence electrons. The van der Waals surface area contributed by atoms with E-state index in [2.05, 4.69) is 10.6 Å². The fourth-order valence-corrected chi connectivity index (χ4v) is 1.81. The van der Waals surface area contributed by atoms with E-state index in [1.807, 2.05) is 24.3 Å². The largest absolute Gasteiger partial charge is 0.382 e. The number of morpholine rings is 1. The minimum absolute atomic E-state index is 0.0939. The molecule has 0 aromatic heterocycles. The van der Waals surface area contributed by atoms with E-state index in [-0.39, 0.29) is 11.9 Å². The molecule has 1 fully saturated rings. The van der Waals surface area contributed by atoms with Crippen molar-refractivity contribution in [3.8, 4) is 0 Å². The minimum atomic E-state index is 0.0939. The van der Waals surface area contributed by atoms with Gasteiger partial charge in [-0.2, -0.15) is 0 Å². The molecule has 1 unspecified atom stereocenters. The van der Waals surface area contributed by atoms with Crippen LogP contribution in [0.4, 0.5) is 5.69 Å². The van der Waals surface area contributed by atoms with E-state index >= 15 is 0 Å². The fourth-order valence-electron chi connectivity index (χ4n) is 1.81. The Morgan fingerprint density at radius 1 is 1.47 bits per heavy atom. The molecule has 1 aliphatic rings. The molecular formula is C13H18N2O2. The summed E-state index contributed by atoms with van der Waals surface area (Å²) in [5, 5.41) is 6.59. The van der Waals surface area contributed by atoms with Crippen LogP contribution in [0.15, 0.2) is 24.3 Å². The highest BCUT2D eigenvalue weighted by Crippen LogP contribution is 2.10. The predicted molar refractivity (Wildman–Crippen MR) is 67.5 cm³/mol. The Kier molecular flexibility index (Phi) is 4.12. The van der Waals surface area contributed by atoms with Crippen molar-refractivity contribution < 1.29 is 9.53 Å². The van der Waals surface area contributed by atoms with Crippen LogP contribution in [0.5, 0.6) is 0 Å². The molecule has 1 heterocycles. The zero-order valence-corrected chi connectivity index (χ0v) is 10.0. The van der Waals surface area contributed by atoms with Crippen molar-refractivity contribution in [2.75, 3.05) is 31.6 Å². The maximum Gasteiger partial charge on any atom is 0.159 e. The second-order valence-corrected chi connectivity index (χ2v) is 4.21. The fraction of sp³-hybridized carbons (Fsp3) is 0.462. The molecule has 2 rings (SSSR count). The van der Waals surface area contributed by atoms with E-state index < -0.39 is 0 Å². The molecular weight excluding hydrogens is 216 g/mol. The van der Waals surface area contributed by atoms with Crippen molar-refractivity contribution in [2.45, 2.75) is 13.0 Å². The molecule has 1 atom stereocenters. The normalized spacial score (nSPS) is 19.9. The standard InChI is InChI=1S/C13H18N2O2/c1-10(16)11-2-4-12(5-3-11)15-9-13-8-14-6-7-17-13/h2-5,13-15H,6-9H2,1H3. The molecule has 2 N–H and O–H groups in total. The molecule has 1 aromatic rings. The Balaban J connectivity index is 1.84. The Hall–Kier alpha value is -1.39. The van der Waals surface area contributed by atoms with Crippen LogP contribution in [0, 0.1) is 0 Å². The number of anilines is 1. The number of hydrogen-bond donors (Lipinski definition) is 2. The molecule has 1 aliphatic heterocycles. The first-order valence-corrected chi connectivity index (χ1v) is 5.93. The highest BCUT2D eigenvalue weighted by Gasteiger charge is 2.12. The van der Waals surface area contributed by atoms with Crippen LogP contribution in [-0.4, -0.2) is 38.1 Å². The van der Waals surface area contributed by atoms with Crippen molar-refractivity contribution in [2.24, 2.45) is 0 Å². The maximum atomic E-state index is 11.1. The second-order valence-electron chi connectivity index (χ2n) is 4.21. The first kappa shape index (κ1) is 12.1. The zero-order valence-electron chi connectivity index (χ0n) is 10.0. The molecule has 1 saturated heterocycles. The third-order valence-electron chi connectivity index (χ3n) is 2.83. The number of carbonyl (C=O) groups is 1. The van der Waals surface area contributed by atoms with Gasteiger partial charge in [0.25, 0.3) is 0 Å². The van der Waals surface area contributed by atoms with Gasteiger partial charge in [0, 0.05) is 30.9 Å². The lowest BCUT2D eigenvalue weighted by molar-refractivity contribution is 0.0372. The van der Waals surface area contributed by atoms with Gasteiger partial charge in [-0.25, -0.2) is 0 Å². The van der Waals surface area contributed by atoms with Gasteiger partial charge in [-0.1, -0.05) is 0 Å². The van der Waals surface area contributed by atoms with E-state index in [9.17, 15) is 4.79 Å². The predicted octanol–water partition coefficient (Wildman–Crippen LogP) is 1.29. The average Bonchev–Trinajstić information content (AvgIpc) is 2.38. The van der Waals surface area contributed by atoms with Crippen LogP contribution in [0.2, 0.25) is 0 Å². The van der Waals surface area contributed by atoms with E-state index in [0.717, 1.165) is 37.5 Å². The lowest BCUT2D eigenvalue weighted by Crippen LogP contribution is -2.42. The maximum absolute atomic E-state index is 11.1. The number of ketones is 1. The van der Waals surface area contributed by atoms with Gasteiger partial charge < -0.3 is 15.4 Å². The summed E-state index contributed by atoms with van der Waals surface area (Å²) in [6, 6.07) is 7.52. The summed E-state index contributed by atoms with van der Waals surface area (Å²) in [7, 11) is 0. The van der Waals surface area contributed by atoms with Gasteiger partial charge in [0.05, 0.1) is 12.7 Å². The van der Waals surface area contributed by atoms with Crippen molar-refractivity contribution >= 4 is 11.5 Å². The molecule has 0 spiro atoms. The van der Waals surface area contributed by atoms with Gasteiger partial charge in [-0.3, -0.25) is 4.79 Å². The van der Waals surface area contributed by atoms with E-state index in [4.69, 9.17) is 4.74 Å². The van der Waals surface area contributed by atoms with Gasteiger partial charge in [0.1, 0.15) is 0 Å². The van der Waals surface area contributed by atoms with Gasteiger partial charge in [0.15, 0.2) is 5.78 Å². The summed E-state index contributed by atoms with van der Waals surface area (Å²) in [6.45, 7) is 4.95. The van der Waals surface area contributed by atoms with Crippen molar-refractivity contribution in [1.82, 2.24) is 5.32 Å². The molecule has 0 saturated carbocycles. The molecule has 0 amide bonds. The lowest BCUT2D eigenvalue weighted by Gasteiger charge is -2.24. The molecule has 4 heteroatoms. The van der Waals surface area contributed by atoms with Crippen LogP contribution in [0.1, 0.15) is 17.3 Å². The highest BCUT2D eigenvalue weighted by atomic mass is 16.5. The first-order chi connectivity index (χ1) is 8.25. The van der Waals surface area contributed by atoms with Crippen molar-refractivity contribution in [3.05, 3.63) is 29.8 Å². The smallest absolute Gasteiger partial charge is 0.159 e. The number of hydrogen-bond acceptors (Lipinski definition) is 4. The lowest BCUT2D eigenvalue weighted by atomic mass is 10.1. The summed E-state index contributed by atoms with van der Waals surface area (Å²) < 4.78 is 5.58. The SMILES string of the molecule is CC(=O)c1ccc(NCC2CNCCO2)cc1. The summed E-state index contributed by atoms with van der Waals surface area (Å²) in [6.07, 6.45) is 0.219. The van der Waals surface area contributed by atoms with Crippen molar-refractivity contribution in [1.29, 1.82) is 0 Å². The molecule has 0 bridgehead atoms. The van der Waals surface area contributed by atoms with Crippen LogP contribution in [0.25, 0.3) is 0 Å². The summed E-state index contributed by atoms with van der Waals surface area (Å²) in [4.78, 5) is 11.1. The number of Topliss-reactive ketones (excluding diaryl/α,β-unsaturated/α-hetero) is 1. The van der Waals surface area contributed by atoms with Gasteiger partial charge in [-0.15, -0.1) is 0 Å². The van der Waals surface area contributed by atoms with E-state index in [1.165, 1.54) is 0 Å². The van der Waals surface area contributed by atoms with Crippen molar-refractivity contribution in [3.63, 3.8) is 0 Å². The number of benzene rings is 1. The van der Waals surface area contributed by atoms with Crippen LogP contribution >= 0.6 is 0 Å². The minimum Gasteiger partial charge on any atom is -0.382 e. The monoisotopic (exact) mass is 234 g/mol. The Bertz CT molecular complexity index is 370. The molecule has 4 nitrogen and oxygen atoms in total. The number of rotatable bonds is 4. The topological polar surface area (TPSA) is 50.4 Å². The number of ether oxygens (including phenoxy) is 1. The second kappa shape index (κ2) is 5.80. The Morgan fingerprint density at radius 3 is 2.82 bits per heavy atom. The van der Waals surface area contributed by atoms with Crippen LogP contribution in [-0.2, 0) is 4.74 Å². The third-order valence-corrected chi connectivity index (χ3v) is 2.83. The summed E-state index contributed by atoms with van der Waals surface area (Å²) >= 11 is 0. The molecule has 1 aromatic carbocycles. The zero-order chi connectivity index (χ0) is 12.1. The average molecular weight is 234 g/mol. The van der Waals surface area contributed by atoms with E-state index in [0.29, 0.717) is 0 Å². The van der Waals surface area contributed by atoms with Gasteiger partial charge in [-0.05, 0) is 31.2 Å². The third kappa shape index (κ3) is 3.54. The van der Waals surface area contributed by atoms with Gasteiger partial charge >= 0.3 is 0 Å². The van der Waals surface area contributed by atoms with Gasteiger partial charge in [0.2, 0.25) is 0 Å². The molecule has 17 heavy (non-hydrogen) atoms.